The second-order valence-corrected chi connectivity index (χ2v) is 6.52. The van der Waals surface area contributed by atoms with E-state index in [1.807, 2.05) is 0 Å². The Kier molecular flexibility index (Phi) is 5.28. The minimum Gasteiger partial charge on any atom is -0.368 e. The average molecular weight is 325 g/mol. The van der Waals surface area contributed by atoms with Crippen LogP contribution in [0.1, 0.15) is 39.2 Å². The van der Waals surface area contributed by atoms with Crippen molar-refractivity contribution in [2.45, 2.75) is 46.2 Å². The van der Waals surface area contributed by atoms with Crippen LogP contribution in [0, 0.1) is 5.92 Å². The van der Waals surface area contributed by atoms with Crippen molar-refractivity contribution >= 4 is 21.6 Å². The van der Waals surface area contributed by atoms with E-state index in [1.54, 1.807) is 0 Å². The van der Waals surface area contributed by atoms with Gasteiger partial charge >= 0.3 is 0 Å². The number of rotatable bonds is 4. The third kappa shape index (κ3) is 3.51. The number of halogens is 1. The van der Waals surface area contributed by atoms with E-state index in [-0.39, 0.29) is 0 Å². The molecule has 3 heteroatoms. The van der Waals surface area contributed by atoms with Crippen LogP contribution in [0.3, 0.4) is 0 Å². The van der Waals surface area contributed by atoms with Crippen molar-refractivity contribution in [3.05, 3.63) is 28.2 Å². The maximum atomic E-state index is 3.59. The van der Waals surface area contributed by atoms with Gasteiger partial charge in [-0.1, -0.05) is 29.8 Å². The van der Waals surface area contributed by atoms with Crippen molar-refractivity contribution < 1.29 is 0 Å². The van der Waals surface area contributed by atoms with Crippen LogP contribution in [0.25, 0.3) is 0 Å². The van der Waals surface area contributed by atoms with Crippen molar-refractivity contribution in [2.24, 2.45) is 5.92 Å². The van der Waals surface area contributed by atoms with Gasteiger partial charge in [0.05, 0.1) is 0 Å². The SMILES string of the molecule is CCNCc1cc(Br)ccc1N1CCCC(C)C1C. The summed E-state index contributed by atoms with van der Waals surface area (Å²) in [5.41, 5.74) is 2.81. The first kappa shape index (κ1) is 14.9. The van der Waals surface area contributed by atoms with E-state index in [0.717, 1.165) is 19.0 Å². The fourth-order valence-electron chi connectivity index (χ4n) is 2.91. The second kappa shape index (κ2) is 6.76. The lowest BCUT2D eigenvalue weighted by Crippen LogP contribution is -2.43. The van der Waals surface area contributed by atoms with Gasteiger partial charge in [-0.15, -0.1) is 0 Å². The molecule has 0 amide bonds. The topological polar surface area (TPSA) is 15.3 Å². The molecule has 0 bridgehead atoms. The van der Waals surface area contributed by atoms with E-state index in [9.17, 15) is 0 Å². The van der Waals surface area contributed by atoms with Crippen LogP contribution in [0.4, 0.5) is 5.69 Å². The van der Waals surface area contributed by atoms with E-state index in [1.165, 1.54) is 35.1 Å². The number of piperidine rings is 1. The maximum absolute atomic E-state index is 3.59. The molecule has 2 unspecified atom stereocenters. The van der Waals surface area contributed by atoms with E-state index in [0.29, 0.717) is 6.04 Å². The third-order valence-electron chi connectivity index (χ3n) is 4.29. The summed E-state index contributed by atoms with van der Waals surface area (Å²) in [6.07, 6.45) is 2.67. The number of nitrogens with one attached hydrogen (secondary N) is 1. The van der Waals surface area contributed by atoms with Gasteiger partial charge in [0.2, 0.25) is 0 Å². The lowest BCUT2D eigenvalue weighted by Gasteiger charge is -2.40. The molecule has 2 atom stereocenters. The van der Waals surface area contributed by atoms with Crippen LogP contribution in [-0.4, -0.2) is 19.1 Å². The molecule has 106 valence electrons. The zero-order chi connectivity index (χ0) is 13.8. The number of hydrogen-bond acceptors (Lipinski definition) is 2. The summed E-state index contributed by atoms with van der Waals surface area (Å²) in [7, 11) is 0. The number of anilines is 1. The van der Waals surface area contributed by atoms with Gasteiger partial charge in [-0.3, -0.25) is 0 Å². The Labute approximate surface area is 125 Å². The van der Waals surface area contributed by atoms with E-state index >= 15 is 0 Å². The molecule has 2 rings (SSSR count). The normalized spacial score (nSPS) is 23.7. The summed E-state index contributed by atoms with van der Waals surface area (Å²) in [6.45, 7) is 10.0. The molecular formula is C16H25BrN2. The number of nitrogens with zero attached hydrogens (tertiary/aromatic N) is 1. The monoisotopic (exact) mass is 324 g/mol. The zero-order valence-electron chi connectivity index (χ0n) is 12.2. The third-order valence-corrected chi connectivity index (χ3v) is 4.78. The molecule has 19 heavy (non-hydrogen) atoms. The number of benzene rings is 1. The zero-order valence-corrected chi connectivity index (χ0v) is 13.8. The Morgan fingerprint density at radius 3 is 2.89 bits per heavy atom. The second-order valence-electron chi connectivity index (χ2n) is 5.61. The van der Waals surface area contributed by atoms with Crippen molar-refractivity contribution in [1.29, 1.82) is 0 Å². The van der Waals surface area contributed by atoms with Crippen LogP contribution >= 0.6 is 15.9 Å². The first-order valence-electron chi connectivity index (χ1n) is 7.39. The first-order valence-corrected chi connectivity index (χ1v) is 8.18. The Bertz CT molecular complexity index is 419. The largest absolute Gasteiger partial charge is 0.368 e. The van der Waals surface area contributed by atoms with Gasteiger partial charge < -0.3 is 10.2 Å². The smallest absolute Gasteiger partial charge is 0.0415 e. The molecular weight excluding hydrogens is 300 g/mol. The van der Waals surface area contributed by atoms with Crippen LogP contribution in [-0.2, 0) is 6.54 Å². The molecule has 0 radical (unpaired) electrons. The fourth-order valence-corrected chi connectivity index (χ4v) is 3.32. The van der Waals surface area contributed by atoms with E-state index < -0.39 is 0 Å². The van der Waals surface area contributed by atoms with Gasteiger partial charge in [-0.25, -0.2) is 0 Å². The molecule has 0 aromatic heterocycles. The summed E-state index contributed by atoms with van der Waals surface area (Å²) in [4.78, 5) is 2.59. The highest BCUT2D eigenvalue weighted by Crippen LogP contribution is 2.32. The van der Waals surface area contributed by atoms with E-state index in [2.05, 4.69) is 65.1 Å². The average Bonchev–Trinajstić information content (AvgIpc) is 2.40. The van der Waals surface area contributed by atoms with Crippen LogP contribution in [0.15, 0.2) is 22.7 Å². The van der Waals surface area contributed by atoms with Crippen molar-refractivity contribution in [1.82, 2.24) is 5.32 Å². The minimum absolute atomic E-state index is 0.635. The molecule has 0 aliphatic carbocycles. The Balaban J connectivity index is 2.26. The molecule has 1 N–H and O–H groups in total. The van der Waals surface area contributed by atoms with Crippen LogP contribution < -0.4 is 10.2 Å². The minimum atomic E-state index is 0.635. The van der Waals surface area contributed by atoms with Crippen LogP contribution in [0.5, 0.6) is 0 Å². The Hall–Kier alpha value is -0.540. The molecule has 1 heterocycles. The molecule has 0 spiro atoms. The summed E-state index contributed by atoms with van der Waals surface area (Å²) in [5, 5.41) is 3.45. The van der Waals surface area contributed by atoms with Gasteiger partial charge in [-0.05, 0) is 56.0 Å². The lowest BCUT2D eigenvalue weighted by atomic mass is 9.91. The predicted octanol–water partition coefficient (Wildman–Crippen LogP) is 4.18. The molecule has 1 saturated heterocycles. The highest BCUT2D eigenvalue weighted by molar-refractivity contribution is 9.10. The van der Waals surface area contributed by atoms with Gasteiger partial charge in [0, 0.05) is 29.3 Å². The first-order chi connectivity index (χ1) is 9.13. The highest BCUT2D eigenvalue weighted by atomic mass is 79.9. The summed E-state index contributed by atoms with van der Waals surface area (Å²) >= 11 is 3.59. The van der Waals surface area contributed by atoms with Crippen molar-refractivity contribution in [3.63, 3.8) is 0 Å². The van der Waals surface area contributed by atoms with Crippen molar-refractivity contribution in [2.75, 3.05) is 18.0 Å². The molecule has 1 aliphatic heterocycles. The Morgan fingerprint density at radius 2 is 2.16 bits per heavy atom. The summed E-state index contributed by atoms with van der Waals surface area (Å²) in [5.74, 6) is 0.782. The quantitative estimate of drug-likeness (QED) is 0.893. The Morgan fingerprint density at radius 1 is 1.37 bits per heavy atom. The molecule has 0 saturated carbocycles. The summed E-state index contributed by atoms with van der Waals surface area (Å²) < 4.78 is 1.17. The van der Waals surface area contributed by atoms with Gasteiger partial charge in [0.25, 0.3) is 0 Å². The highest BCUT2D eigenvalue weighted by Gasteiger charge is 2.26. The van der Waals surface area contributed by atoms with Gasteiger partial charge in [-0.2, -0.15) is 0 Å². The molecule has 2 nitrogen and oxygen atoms in total. The van der Waals surface area contributed by atoms with Gasteiger partial charge in [0.15, 0.2) is 0 Å². The van der Waals surface area contributed by atoms with Crippen molar-refractivity contribution in [3.8, 4) is 0 Å². The molecule has 1 aliphatic rings. The summed E-state index contributed by atoms with van der Waals surface area (Å²) in [6, 6.07) is 7.32. The molecule has 1 fully saturated rings. The maximum Gasteiger partial charge on any atom is 0.0415 e. The van der Waals surface area contributed by atoms with Crippen LogP contribution in [0.2, 0.25) is 0 Å². The standard InChI is InChI=1S/C16H25BrN2/c1-4-18-11-14-10-15(17)7-8-16(14)19-9-5-6-12(2)13(19)3/h7-8,10,12-13,18H,4-6,9,11H2,1-3H3. The number of hydrogen-bond donors (Lipinski definition) is 1. The molecule has 1 aromatic rings. The lowest BCUT2D eigenvalue weighted by molar-refractivity contribution is 0.363. The van der Waals surface area contributed by atoms with Gasteiger partial charge in [0.1, 0.15) is 0 Å². The molecule has 1 aromatic carbocycles. The predicted molar refractivity (Wildman–Crippen MR) is 86.7 cm³/mol. The van der Waals surface area contributed by atoms with E-state index in [4.69, 9.17) is 0 Å². The fraction of sp³-hybridized carbons (Fsp3) is 0.625.